The number of aryl methyl sites for hydroxylation is 1. The maximum atomic E-state index is 12.8. The monoisotopic (exact) mass is 431 g/mol. The number of benzene rings is 1. The van der Waals surface area contributed by atoms with Crippen LogP contribution >= 0.6 is 11.8 Å². The largest absolute Gasteiger partial charge is 0.378 e. The van der Waals surface area contributed by atoms with Crippen LogP contribution in [-0.4, -0.2) is 64.9 Å². The van der Waals surface area contributed by atoms with Crippen molar-refractivity contribution in [2.75, 3.05) is 43.1 Å². The lowest BCUT2D eigenvalue weighted by Crippen LogP contribution is -2.38. The molecule has 0 radical (unpaired) electrons. The first kappa shape index (κ1) is 21.1. The van der Waals surface area contributed by atoms with Crippen LogP contribution in [0.4, 0.5) is 11.6 Å². The SMILES string of the molecule is Cc1ccccc1NC(=O)[C@@H](C)Sc1nnc(N2CCOCC2)n1C[C@@H]1CCCO1. The first-order valence-corrected chi connectivity index (χ1v) is 11.4. The number of anilines is 2. The van der Waals surface area contributed by atoms with E-state index in [9.17, 15) is 4.79 Å². The Kier molecular flexibility index (Phi) is 6.91. The van der Waals surface area contributed by atoms with Gasteiger partial charge in [-0.3, -0.25) is 9.36 Å². The number of morpholine rings is 1. The molecule has 1 N–H and O–H groups in total. The van der Waals surface area contributed by atoms with Gasteiger partial charge in [-0.1, -0.05) is 30.0 Å². The van der Waals surface area contributed by atoms with Crippen molar-refractivity contribution in [2.24, 2.45) is 0 Å². The number of hydrogen-bond donors (Lipinski definition) is 1. The van der Waals surface area contributed by atoms with Crippen LogP contribution in [0.5, 0.6) is 0 Å². The third kappa shape index (κ3) is 4.96. The van der Waals surface area contributed by atoms with Crippen LogP contribution in [0, 0.1) is 6.92 Å². The van der Waals surface area contributed by atoms with Crippen LogP contribution in [0.3, 0.4) is 0 Å². The molecule has 0 bridgehead atoms. The Hall–Kier alpha value is -2.10. The molecule has 0 unspecified atom stereocenters. The van der Waals surface area contributed by atoms with E-state index in [-0.39, 0.29) is 17.3 Å². The quantitative estimate of drug-likeness (QED) is 0.675. The summed E-state index contributed by atoms with van der Waals surface area (Å²) >= 11 is 1.44. The van der Waals surface area contributed by atoms with Gasteiger partial charge in [0.1, 0.15) is 0 Å². The fourth-order valence-electron chi connectivity index (χ4n) is 3.68. The molecule has 2 aliphatic heterocycles. The third-order valence-corrected chi connectivity index (χ3v) is 6.54. The van der Waals surface area contributed by atoms with Crippen LogP contribution in [-0.2, 0) is 20.8 Å². The van der Waals surface area contributed by atoms with E-state index in [0.717, 1.165) is 54.9 Å². The van der Waals surface area contributed by atoms with Crippen molar-refractivity contribution in [3.05, 3.63) is 29.8 Å². The number of para-hydroxylation sites is 1. The van der Waals surface area contributed by atoms with Crippen molar-refractivity contribution in [3.8, 4) is 0 Å². The van der Waals surface area contributed by atoms with Gasteiger partial charge in [-0.15, -0.1) is 10.2 Å². The lowest BCUT2D eigenvalue weighted by molar-refractivity contribution is -0.115. The Morgan fingerprint density at radius 1 is 1.27 bits per heavy atom. The molecular weight excluding hydrogens is 402 g/mol. The van der Waals surface area contributed by atoms with Gasteiger partial charge in [0.2, 0.25) is 11.9 Å². The number of thioether (sulfide) groups is 1. The second-order valence-corrected chi connectivity index (χ2v) is 9.00. The molecule has 0 aliphatic carbocycles. The molecule has 1 aromatic heterocycles. The first-order chi connectivity index (χ1) is 14.6. The van der Waals surface area contributed by atoms with Gasteiger partial charge < -0.3 is 19.7 Å². The standard InChI is InChI=1S/C21H29N5O3S/c1-15-6-3-4-8-18(15)22-19(27)16(2)30-21-24-23-20(25-9-12-28-13-10-25)26(21)14-17-7-5-11-29-17/h3-4,6,8,16-17H,5,7,9-14H2,1-2H3,(H,22,27)/t16-,17+/m1/s1. The Morgan fingerprint density at radius 2 is 2.07 bits per heavy atom. The lowest BCUT2D eigenvalue weighted by atomic mass is 10.2. The van der Waals surface area contributed by atoms with E-state index in [1.165, 1.54) is 11.8 Å². The second kappa shape index (κ2) is 9.80. The average molecular weight is 432 g/mol. The molecule has 2 aliphatic rings. The van der Waals surface area contributed by atoms with Crippen LogP contribution in [0.25, 0.3) is 0 Å². The Morgan fingerprint density at radius 3 is 2.80 bits per heavy atom. The topological polar surface area (TPSA) is 81.5 Å². The van der Waals surface area contributed by atoms with Crippen LogP contribution in [0.2, 0.25) is 0 Å². The minimum absolute atomic E-state index is 0.0473. The van der Waals surface area contributed by atoms with Crippen molar-refractivity contribution in [1.29, 1.82) is 0 Å². The van der Waals surface area contributed by atoms with E-state index < -0.39 is 0 Å². The summed E-state index contributed by atoms with van der Waals surface area (Å²) in [5.41, 5.74) is 1.88. The number of carbonyl (C=O) groups is 1. The predicted molar refractivity (Wildman–Crippen MR) is 117 cm³/mol. The summed E-state index contributed by atoms with van der Waals surface area (Å²) in [7, 11) is 0. The maximum absolute atomic E-state index is 12.8. The number of nitrogens with one attached hydrogen (secondary N) is 1. The molecule has 30 heavy (non-hydrogen) atoms. The van der Waals surface area contributed by atoms with Gasteiger partial charge in [-0.05, 0) is 38.3 Å². The molecule has 3 heterocycles. The maximum Gasteiger partial charge on any atom is 0.237 e. The molecule has 2 saturated heterocycles. The Bertz CT molecular complexity index is 862. The third-order valence-electron chi connectivity index (χ3n) is 5.46. The van der Waals surface area contributed by atoms with Crippen LogP contribution < -0.4 is 10.2 Å². The van der Waals surface area contributed by atoms with Gasteiger partial charge in [-0.2, -0.15) is 0 Å². The molecule has 8 nitrogen and oxygen atoms in total. The summed E-state index contributed by atoms with van der Waals surface area (Å²) in [4.78, 5) is 15.0. The van der Waals surface area contributed by atoms with E-state index in [2.05, 4.69) is 25.0 Å². The van der Waals surface area contributed by atoms with Crippen molar-refractivity contribution in [3.63, 3.8) is 0 Å². The van der Waals surface area contributed by atoms with E-state index in [1.54, 1.807) is 0 Å². The first-order valence-electron chi connectivity index (χ1n) is 10.5. The number of amides is 1. The molecule has 0 saturated carbocycles. The summed E-state index contributed by atoms with van der Waals surface area (Å²) in [6, 6.07) is 7.79. The number of nitrogens with zero attached hydrogens (tertiary/aromatic N) is 4. The Balaban J connectivity index is 1.49. The zero-order chi connectivity index (χ0) is 20.9. The molecule has 162 valence electrons. The minimum Gasteiger partial charge on any atom is -0.378 e. The smallest absolute Gasteiger partial charge is 0.237 e. The van der Waals surface area contributed by atoms with Crippen molar-refractivity contribution >= 4 is 29.3 Å². The normalized spacial score (nSPS) is 20.3. The minimum atomic E-state index is -0.311. The van der Waals surface area contributed by atoms with Crippen molar-refractivity contribution < 1.29 is 14.3 Å². The van der Waals surface area contributed by atoms with Crippen molar-refractivity contribution in [1.82, 2.24) is 14.8 Å². The molecule has 2 atom stereocenters. The highest BCUT2D eigenvalue weighted by atomic mass is 32.2. The number of ether oxygens (including phenoxy) is 2. The van der Waals surface area contributed by atoms with Gasteiger partial charge in [0.05, 0.1) is 31.1 Å². The van der Waals surface area contributed by atoms with Crippen LogP contribution in [0.15, 0.2) is 29.4 Å². The Labute approximate surface area is 181 Å². The summed E-state index contributed by atoms with van der Waals surface area (Å²) in [5, 5.41) is 12.4. The van der Waals surface area contributed by atoms with Crippen LogP contribution in [0.1, 0.15) is 25.3 Å². The lowest BCUT2D eigenvalue weighted by Gasteiger charge is -2.28. The fraction of sp³-hybridized carbons (Fsp3) is 0.571. The van der Waals surface area contributed by atoms with Crippen molar-refractivity contribution in [2.45, 2.75) is 49.7 Å². The van der Waals surface area contributed by atoms with E-state index in [4.69, 9.17) is 9.47 Å². The highest BCUT2D eigenvalue weighted by molar-refractivity contribution is 8.00. The molecule has 4 rings (SSSR count). The van der Waals surface area contributed by atoms with E-state index in [1.807, 2.05) is 38.1 Å². The highest BCUT2D eigenvalue weighted by Gasteiger charge is 2.27. The molecule has 2 aromatic rings. The molecule has 1 amide bonds. The van der Waals surface area contributed by atoms with Gasteiger partial charge in [0.25, 0.3) is 0 Å². The average Bonchev–Trinajstić information content (AvgIpc) is 3.41. The van der Waals surface area contributed by atoms with Gasteiger partial charge in [0.15, 0.2) is 5.16 Å². The highest BCUT2D eigenvalue weighted by Crippen LogP contribution is 2.29. The zero-order valence-electron chi connectivity index (χ0n) is 17.5. The fourth-order valence-corrected chi connectivity index (χ4v) is 4.53. The predicted octanol–water partition coefficient (Wildman–Crippen LogP) is 2.72. The van der Waals surface area contributed by atoms with Gasteiger partial charge in [-0.25, -0.2) is 0 Å². The summed E-state index contributed by atoms with van der Waals surface area (Å²) in [5.74, 6) is 0.789. The second-order valence-electron chi connectivity index (χ2n) is 7.69. The van der Waals surface area contributed by atoms with Gasteiger partial charge in [0, 0.05) is 25.4 Å². The van der Waals surface area contributed by atoms with E-state index >= 15 is 0 Å². The zero-order valence-corrected chi connectivity index (χ0v) is 18.4. The van der Waals surface area contributed by atoms with E-state index in [0.29, 0.717) is 19.8 Å². The number of rotatable bonds is 7. The molecule has 2 fully saturated rings. The van der Waals surface area contributed by atoms with Gasteiger partial charge >= 0.3 is 0 Å². The molecular formula is C21H29N5O3S. The molecule has 1 aromatic carbocycles. The molecule has 0 spiro atoms. The number of aromatic nitrogens is 3. The summed E-state index contributed by atoms with van der Waals surface area (Å²) in [6.07, 6.45) is 2.28. The number of hydrogen-bond acceptors (Lipinski definition) is 7. The molecule has 9 heteroatoms. The summed E-state index contributed by atoms with van der Waals surface area (Å²) < 4.78 is 13.5. The number of carbonyl (C=O) groups excluding carboxylic acids is 1. The summed E-state index contributed by atoms with van der Waals surface area (Å²) in [6.45, 7) is 8.34.